The van der Waals surface area contributed by atoms with Crippen molar-refractivity contribution < 1.29 is 9.53 Å². The maximum absolute atomic E-state index is 14.5. The lowest BCUT2D eigenvalue weighted by molar-refractivity contribution is -0.123. The van der Waals surface area contributed by atoms with Crippen LogP contribution in [0.4, 0.5) is 5.69 Å². The number of para-hydroxylation sites is 1. The molecule has 4 heteroatoms. The molecule has 33 heavy (non-hydrogen) atoms. The van der Waals surface area contributed by atoms with Crippen LogP contribution in [0, 0.1) is 0 Å². The summed E-state index contributed by atoms with van der Waals surface area (Å²) in [5.41, 5.74) is 4.74. The van der Waals surface area contributed by atoms with Crippen molar-refractivity contribution in [3.63, 3.8) is 0 Å². The van der Waals surface area contributed by atoms with E-state index < -0.39 is 7.26 Å². The van der Waals surface area contributed by atoms with Crippen molar-refractivity contribution in [3.05, 3.63) is 23.8 Å². The highest BCUT2D eigenvalue weighted by molar-refractivity contribution is 7.79. The topological polar surface area (TPSA) is 29.5 Å². The van der Waals surface area contributed by atoms with Crippen LogP contribution in [-0.4, -0.2) is 35.3 Å². The van der Waals surface area contributed by atoms with E-state index >= 15 is 0 Å². The smallest absolute Gasteiger partial charge is 0.307 e. The summed E-state index contributed by atoms with van der Waals surface area (Å²) in [6.07, 6.45) is 22.8. The summed E-state index contributed by atoms with van der Waals surface area (Å²) in [7, 11) is -1.66. The minimum Gasteiger partial charge on any atom is -0.446 e. The highest BCUT2D eigenvalue weighted by atomic mass is 31.2. The van der Waals surface area contributed by atoms with E-state index in [9.17, 15) is 4.79 Å². The van der Waals surface area contributed by atoms with Crippen LogP contribution in [0.15, 0.2) is 18.2 Å². The van der Waals surface area contributed by atoms with Crippen molar-refractivity contribution in [2.75, 3.05) is 11.4 Å². The number of carbonyl (C=O) groups excluding carboxylic acids is 1. The van der Waals surface area contributed by atoms with Crippen molar-refractivity contribution in [2.45, 2.75) is 132 Å². The van der Waals surface area contributed by atoms with Crippen LogP contribution in [-0.2, 0) is 11.2 Å². The van der Waals surface area contributed by atoms with E-state index in [-0.39, 0.29) is 5.85 Å². The molecular weight excluding hydrogens is 425 g/mol. The molecule has 3 aliphatic carbocycles. The van der Waals surface area contributed by atoms with Gasteiger partial charge in [-0.2, -0.15) is 0 Å². The molecule has 1 unspecified atom stereocenters. The number of hydrogen-bond acceptors (Lipinski definition) is 2. The van der Waals surface area contributed by atoms with Gasteiger partial charge in [-0.3, -0.25) is 4.79 Å². The molecular formula is C29H43NO2P+. The third-order valence-corrected chi connectivity index (χ3v) is 16.4. The quantitative estimate of drug-likeness (QED) is 0.424. The SMILES string of the molecule is O=C1C([P+](C2CCCCC2)(C2CCCCC2)C2CCCCC2)Oc2cccc3c2N1CCC3. The predicted octanol–water partition coefficient (Wildman–Crippen LogP) is 7.70. The zero-order valence-corrected chi connectivity index (χ0v) is 21.4. The largest absolute Gasteiger partial charge is 0.446 e. The third kappa shape index (κ3) is 3.76. The second-order valence-corrected chi connectivity index (χ2v) is 16.0. The molecule has 1 aromatic rings. The first-order valence-corrected chi connectivity index (χ1v) is 16.3. The van der Waals surface area contributed by atoms with Crippen LogP contribution in [0.1, 0.15) is 108 Å². The molecule has 0 aromatic heterocycles. The van der Waals surface area contributed by atoms with Crippen LogP contribution in [0.2, 0.25) is 0 Å². The Morgan fingerprint density at radius 1 is 0.727 bits per heavy atom. The second kappa shape index (κ2) is 9.52. The average molecular weight is 469 g/mol. The summed E-state index contributed by atoms with van der Waals surface area (Å²) in [5.74, 6) is 1.24. The molecule has 0 N–H and O–H groups in total. The fourth-order valence-corrected chi connectivity index (χ4v) is 16.1. The molecule has 5 aliphatic rings. The van der Waals surface area contributed by atoms with E-state index in [1.807, 2.05) is 0 Å². The summed E-state index contributed by atoms with van der Waals surface area (Å²) < 4.78 is 7.07. The molecule has 1 aromatic carbocycles. The van der Waals surface area contributed by atoms with E-state index in [0.29, 0.717) is 5.91 Å². The molecule has 0 saturated heterocycles. The van der Waals surface area contributed by atoms with Crippen LogP contribution >= 0.6 is 7.26 Å². The third-order valence-electron chi connectivity index (χ3n) is 9.92. The molecule has 3 saturated carbocycles. The Bertz CT molecular complexity index is 806. The maximum atomic E-state index is 14.5. The number of ether oxygens (including phenoxy) is 1. The lowest BCUT2D eigenvalue weighted by Gasteiger charge is -2.53. The number of benzene rings is 1. The van der Waals surface area contributed by atoms with Gasteiger partial charge in [0, 0.05) is 6.54 Å². The Kier molecular flexibility index (Phi) is 6.46. The first kappa shape index (κ1) is 22.4. The minimum absolute atomic E-state index is 0.160. The summed E-state index contributed by atoms with van der Waals surface area (Å²) >= 11 is 0. The molecule has 2 heterocycles. The molecule has 1 atom stereocenters. The van der Waals surface area contributed by atoms with Crippen LogP contribution in [0.25, 0.3) is 0 Å². The van der Waals surface area contributed by atoms with Crippen LogP contribution < -0.4 is 9.64 Å². The molecule has 0 radical (unpaired) electrons. The number of hydrogen-bond donors (Lipinski definition) is 0. The maximum Gasteiger partial charge on any atom is 0.307 e. The highest BCUT2D eigenvalue weighted by Gasteiger charge is 2.67. The first-order chi connectivity index (χ1) is 16.3. The van der Waals surface area contributed by atoms with Gasteiger partial charge in [0.2, 0.25) is 0 Å². The normalized spacial score (nSPS) is 27.8. The number of nitrogens with zero attached hydrogens (tertiary/aromatic N) is 1. The fourth-order valence-electron chi connectivity index (χ4n) is 8.57. The Labute approximate surface area is 201 Å². The Morgan fingerprint density at radius 3 is 1.82 bits per heavy atom. The van der Waals surface area contributed by atoms with Crippen molar-refractivity contribution in [1.29, 1.82) is 0 Å². The van der Waals surface area contributed by atoms with Crippen LogP contribution in [0.3, 0.4) is 0 Å². The number of carbonyl (C=O) groups is 1. The number of aryl methyl sites for hydroxylation is 1. The van der Waals surface area contributed by atoms with E-state index in [0.717, 1.165) is 47.8 Å². The van der Waals surface area contributed by atoms with Crippen LogP contribution in [0.5, 0.6) is 5.75 Å². The Morgan fingerprint density at radius 2 is 1.27 bits per heavy atom. The minimum atomic E-state index is -1.66. The van der Waals surface area contributed by atoms with Crippen molar-refractivity contribution in [2.24, 2.45) is 0 Å². The molecule has 3 nitrogen and oxygen atoms in total. The van der Waals surface area contributed by atoms with Gasteiger partial charge in [-0.15, -0.1) is 0 Å². The molecule has 1 amide bonds. The molecule has 0 bridgehead atoms. The zero-order chi connectivity index (χ0) is 22.3. The van der Waals surface area contributed by atoms with Gasteiger partial charge in [-0.05, 0) is 102 Å². The first-order valence-electron chi connectivity index (χ1n) is 14.3. The van der Waals surface area contributed by atoms with Gasteiger partial charge in [0.15, 0.2) is 0 Å². The fraction of sp³-hybridized carbons (Fsp3) is 0.759. The molecule has 180 valence electrons. The summed E-state index contributed by atoms with van der Waals surface area (Å²) in [5, 5.41) is 0. The number of rotatable bonds is 4. The summed E-state index contributed by atoms with van der Waals surface area (Å²) in [6.45, 7) is 0.892. The second-order valence-electron chi connectivity index (χ2n) is 11.6. The van der Waals surface area contributed by atoms with E-state index in [4.69, 9.17) is 4.74 Å². The lowest BCUT2D eigenvalue weighted by Crippen LogP contribution is -2.54. The van der Waals surface area contributed by atoms with Gasteiger partial charge in [0.05, 0.1) is 29.9 Å². The van der Waals surface area contributed by atoms with Crippen molar-refractivity contribution in [1.82, 2.24) is 0 Å². The van der Waals surface area contributed by atoms with Gasteiger partial charge in [-0.25, -0.2) is 0 Å². The lowest BCUT2D eigenvalue weighted by atomic mass is 9.98. The monoisotopic (exact) mass is 468 g/mol. The zero-order valence-electron chi connectivity index (χ0n) is 20.5. The molecule has 6 rings (SSSR count). The molecule has 0 spiro atoms. The van der Waals surface area contributed by atoms with Gasteiger partial charge >= 0.3 is 5.91 Å². The molecule has 2 aliphatic heterocycles. The van der Waals surface area contributed by atoms with Gasteiger partial charge in [0.1, 0.15) is 5.75 Å². The Hall–Kier alpha value is -1.08. The number of anilines is 1. The van der Waals surface area contributed by atoms with E-state index in [1.165, 1.54) is 102 Å². The van der Waals surface area contributed by atoms with Gasteiger partial charge < -0.3 is 9.64 Å². The molecule has 3 fully saturated rings. The van der Waals surface area contributed by atoms with Gasteiger partial charge in [-0.1, -0.05) is 31.4 Å². The average Bonchev–Trinajstić information content (AvgIpc) is 2.89. The highest BCUT2D eigenvalue weighted by Crippen LogP contribution is 2.80. The Balaban J connectivity index is 1.49. The predicted molar refractivity (Wildman–Crippen MR) is 139 cm³/mol. The number of amides is 1. The van der Waals surface area contributed by atoms with Crippen molar-refractivity contribution in [3.8, 4) is 5.75 Å². The van der Waals surface area contributed by atoms with Gasteiger partial charge in [0.25, 0.3) is 5.85 Å². The summed E-state index contributed by atoms with van der Waals surface area (Å²) in [6, 6.07) is 6.56. The van der Waals surface area contributed by atoms with Crippen molar-refractivity contribution >= 4 is 18.9 Å². The van der Waals surface area contributed by atoms with E-state index in [2.05, 4.69) is 23.1 Å². The standard InChI is InChI=1S/C29H43NO2P/c31-28-29(32-26-20-10-12-22-13-11-21-30(28)27(22)26)33(23-14-4-1-5-15-23,24-16-6-2-7-17-24)25-18-8-3-9-19-25/h10,12,20,23-25,29H,1-9,11,13-19,21H2/q+1. The summed E-state index contributed by atoms with van der Waals surface area (Å²) in [4.78, 5) is 16.7. The van der Waals surface area contributed by atoms with E-state index in [1.54, 1.807) is 0 Å².